The maximum atomic E-state index is 13.0. The van der Waals surface area contributed by atoms with Crippen LogP contribution in [-0.4, -0.2) is 11.0 Å². The normalized spacial score (nSPS) is 10.5. The van der Waals surface area contributed by atoms with E-state index in [0.29, 0.717) is 5.56 Å². The molecule has 0 radical (unpaired) electrons. The van der Waals surface area contributed by atoms with Crippen LogP contribution in [0.2, 0.25) is 0 Å². The zero-order chi connectivity index (χ0) is 14.7. The number of thiazole rings is 1. The lowest BCUT2D eigenvalue weighted by atomic mass is 10.2. The summed E-state index contributed by atoms with van der Waals surface area (Å²) in [5.74, 6) is -0.851. The van der Waals surface area contributed by atoms with Crippen LogP contribution in [0.1, 0.15) is 16.1 Å². The molecule has 0 amide bonds. The van der Waals surface area contributed by atoms with Gasteiger partial charge in [0, 0.05) is 5.38 Å². The number of ether oxygens (including phenoxy) is 1. The lowest BCUT2D eigenvalue weighted by molar-refractivity contribution is 0.0466. The lowest BCUT2D eigenvalue weighted by Crippen LogP contribution is -2.05. The van der Waals surface area contributed by atoms with E-state index in [4.69, 9.17) is 4.74 Å². The molecule has 3 aromatic rings. The van der Waals surface area contributed by atoms with Gasteiger partial charge in [-0.2, -0.15) is 0 Å². The summed E-state index contributed by atoms with van der Waals surface area (Å²) in [6.45, 7) is 0.0302. The first-order valence-electron chi connectivity index (χ1n) is 6.13. The van der Waals surface area contributed by atoms with Gasteiger partial charge in [-0.05, 0) is 29.1 Å². The van der Waals surface area contributed by atoms with Crippen molar-refractivity contribution in [2.45, 2.75) is 6.61 Å². The molecule has 0 aliphatic heterocycles. The fourth-order valence-corrected chi connectivity index (χ4v) is 3.33. The molecule has 0 aliphatic carbocycles. The van der Waals surface area contributed by atoms with E-state index in [1.165, 1.54) is 23.5 Å². The third-order valence-electron chi connectivity index (χ3n) is 2.70. The molecule has 0 aliphatic rings. The Morgan fingerprint density at radius 2 is 2.14 bits per heavy atom. The average Bonchev–Trinajstić information content (AvgIpc) is 3.15. The summed E-state index contributed by atoms with van der Waals surface area (Å²) in [5.41, 5.74) is 0.886. The van der Waals surface area contributed by atoms with E-state index in [0.717, 1.165) is 9.88 Å². The van der Waals surface area contributed by atoms with E-state index in [1.807, 2.05) is 17.5 Å². The number of hydrogen-bond donors (Lipinski definition) is 0. The Balaban J connectivity index is 1.66. The number of nitrogens with zero attached hydrogens (tertiary/aromatic N) is 1. The highest BCUT2D eigenvalue weighted by Crippen LogP contribution is 2.28. The van der Waals surface area contributed by atoms with Crippen molar-refractivity contribution in [2.24, 2.45) is 0 Å². The topological polar surface area (TPSA) is 39.2 Å². The number of aromatic nitrogens is 1. The summed E-state index contributed by atoms with van der Waals surface area (Å²) in [5, 5.41) is 4.42. The summed E-state index contributed by atoms with van der Waals surface area (Å²) >= 11 is 2.97. The van der Waals surface area contributed by atoms with Crippen LogP contribution in [0.5, 0.6) is 0 Å². The summed E-state index contributed by atoms with van der Waals surface area (Å²) in [6, 6.07) is 9.85. The molecule has 3 nitrogen and oxygen atoms in total. The first kappa shape index (κ1) is 13.9. The number of benzene rings is 1. The SMILES string of the molecule is O=C(OCc1cccc(F)c1)c1csc(-c2cccs2)n1. The van der Waals surface area contributed by atoms with E-state index < -0.39 is 5.97 Å². The van der Waals surface area contributed by atoms with Crippen molar-refractivity contribution in [2.75, 3.05) is 0 Å². The number of thiophene rings is 1. The van der Waals surface area contributed by atoms with Gasteiger partial charge in [0.15, 0.2) is 5.69 Å². The molecule has 0 unspecified atom stereocenters. The Bertz CT molecular complexity index is 753. The second-order valence-electron chi connectivity index (χ2n) is 4.22. The van der Waals surface area contributed by atoms with Crippen LogP contribution in [0, 0.1) is 5.82 Å². The maximum absolute atomic E-state index is 13.0. The molecule has 0 saturated heterocycles. The summed E-state index contributed by atoms with van der Waals surface area (Å²) in [7, 11) is 0. The minimum Gasteiger partial charge on any atom is -0.456 e. The van der Waals surface area contributed by atoms with E-state index in [1.54, 1.807) is 28.8 Å². The largest absolute Gasteiger partial charge is 0.456 e. The molecule has 0 atom stereocenters. The molecule has 21 heavy (non-hydrogen) atoms. The predicted molar refractivity (Wildman–Crippen MR) is 80.9 cm³/mol. The highest BCUT2D eigenvalue weighted by atomic mass is 32.1. The van der Waals surface area contributed by atoms with Crippen LogP contribution < -0.4 is 0 Å². The summed E-state index contributed by atoms with van der Waals surface area (Å²) in [6.07, 6.45) is 0. The molecule has 0 spiro atoms. The molecular weight excluding hydrogens is 309 g/mol. The van der Waals surface area contributed by atoms with Crippen molar-refractivity contribution in [1.29, 1.82) is 0 Å². The molecule has 1 aromatic carbocycles. The molecule has 0 fully saturated rings. The second kappa shape index (κ2) is 6.15. The van der Waals surface area contributed by atoms with Crippen molar-refractivity contribution in [3.05, 3.63) is 64.2 Å². The Morgan fingerprint density at radius 1 is 1.24 bits per heavy atom. The van der Waals surface area contributed by atoms with Gasteiger partial charge in [-0.15, -0.1) is 22.7 Å². The lowest BCUT2D eigenvalue weighted by Gasteiger charge is -2.03. The van der Waals surface area contributed by atoms with Crippen LogP contribution in [0.15, 0.2) is 47.2 Å². The molecule has 0 saturated carbocycles. The minimum atomic E-state index is -0.502. The molecule has 2 aromatic heterocycles. The fourth-order valence-electron chi connectivity index (χ4n) is 1.73. The van der Waals surface area contributed by atoms with Gasteiger partial charge in [0.1, 0.15) is 17.4 Å². The number of hydrogen-bond acceptors (Lipinski definition) is 5. The number of carbonyl (C=O) groups is 1. The quantitative estimate of drug-likeness (QED) is 0.670. The molecule has 0 bridgehead atoms. The molecule has 2 heterocycles. The smallest absolute Gasteiger partial charge is 0.358 e. The van der Waals surface area contributed by atoms with Crippen molar-refractivity contribution in [3.63, 3.8) is 0 Å². The molecular formula is C15H10FNO2S2. The first-order valence-corrected chi connectivity index (χ1v) is 7.89. The van der Waals surface area contributed by atoms with Gasteiger partial charge >= 0.3 is 5.97 Å². The Morgan fingerprint density at radius 3 is 2.90 bits per heavy atom. The van der Waals surface area contributed by atoms with Gasteiger partial charge in [0.05, 0.1) is 4.88 Å². The number of halogens is 1. The van der Waals surface area contributed by atoms with Crippen LogP contribution in [0.4, 0.5) is 4.39 Å². The average molecular weight is 319 g/mol. The maximum Gasteiger partial charge on any atom is 0.358 e. The van der Waals surface area contributed by atoms with E-state index in [-0.39, 0.29) is 18.1 Å². The zero-order valence-corrected chi connectivity index (χ0v) is 12.4. The highest BCUT2D eigenvalue weighted by Gasteiger charge is 2.13. The number of esters is 1. The third-order valence-corrected chi connectivity index (χ3v) is 4.59. The Hall–Kier alpha value is -2.05. The van der Waals surface area contributed by atoms with Gasteiger partial charge in [-0.25, -0.2) is 14.2 Å². The summed E-state index contributed by atoms with van der Waals surface area (Å²) < 4.78 is 18.2. The monoisotopic (exact) mass is 319 g/mol. The van der Waals surface area contributed by atoms with Crippen LogP contribution >= 0.6 is 22.7 Å². The van der Waals surface area contributed by atoms with Gasteiger partial charge in [0.2, 0.25) is 0 Å². The highest BCUT2D eigenvalue weighted by molar-refractivity contribution is 7.20. The van der Waals surface area contributed by atoms with Crippen LogP contribution in [0.3, 0.4) is 0 Å². The van der Waals surface area contributed by atoms with Crippen molar-refractivity contribution in [3.8, 4) is 9.88 Å². The molecule has 0 N–H and O–H groups in total. The standard InChI is InChI=1S/C15H10FNO2S2/c16-11-4-1-3-10(7-11)8-19-15(18)12-9-21-14(17-12)13-5-2-6-20-13/h1-7,9H,8H2. The van der Waals surface area contributed by atoms with Gasteiger partial charge in [-0.3, -0.25) is 0 Å². The minimum absolute atomic E-state index is 0.0302. The van der Waals surface area contributed by atoms with Gasteiger partial charge < -0.3 is 4.74 Å². The Labute approximate surface area is 128 Å². The van der Waals surface area contributed by atoms with Crippen LogP contribution in [-0.2, 0) is 11.3 Å². The zero-order valence-electron chi connectivity index (χ0n) is 10.8. The molecule has 6 heteroatoms. The summed E-state index contributed by atoms with van der Waals surface area (Å²) in [4.78, 5) is 17.2. The predicted octanol–water partition coefficient (Wildman–Crippen LogP) is 4.37. The van der Waals surface area contributed by atoms with Crippen molar-refractivity contribution < 1.29 is 13.9 Å². The molecule has 106 valence electrons. The van der Waals surface area contributed by atoms with Gasteiger partial charge in [0.25, 0.3) is 0 Å². The first-order chi connectivity index (χ1) is 10.2. The van der Waals surface area contributed by atoms with E-state index in [9.17, 15) is 9.18 Å². The second-order valence-corrected chi connectivity index (χ2v) is 6.03. The van der Waals surface area contributed by atoms with Gasteiger partial charge in [-0.1, -0.05) is 18.2 Å². The van der Waals surface area contributed by atoms with E-state index >= 15 is 0 Å². The third kappa shape index (κ3) is 3.34. The number of rotatable bonds is 4. The van der Waals surface area contributed by atoms with Crippen LogP contribution in [0.25, 0.3) is 9.88 Å². The van der Waals surface area contributed by atoms with E-state index in [2.05, 4.69) is 4.98 Å². The fraction of sp³-hybridized carbons (Fsp3) is 0.0667. The van der Waals surface area contributed by atoms with Crippen molar-refractivity contribution in [1.82, 2.24) is 4.98 Å². The Kier molecular flexibility index (Phi) is 4.08. The van der Waals surface area contributed by atoms with Crippen molar-refractivity contribution >= 4 is 28.6 Å². The molecule has 3 rings (SSSR count). The number of carbonyl (C=O) groups excluding carboxylic acids is 1.